The lowest BCUT2D eigenvalue weighted by Gasteiger charge is -2.03. The number of hydrogen-bond acceptors (Lipinski definition) is 2. The van der Waals surface area contributed by atoms with Gasteiger partial charge in [-0.1, -0.05) is 64.7 Å². The van der Waals surface area contributed by atoms with E-state index < -0.39 is 10.8 Å². The summed E-state index contributed by atoms with van der Waals surface area (Å²) in [6.07, 6.45) is 13.4. The molecule has 116 valence electrons. The Hall–Kier alpha value is 0.110. The second-order valence-electron chi connectivity index (χ2n) is 5.23. The lowest BCUT2D eigenvalue weighted by atomic mass is 10.1. The van der Waals surface area contributed by atoms with Crippen molar-refractivity contribution < 1.29 is 8.95 Å². The van der Waals surface area contributed by atoms with Crippen molar-refractivity contribution in [1.29, 1.82) is 0 Å². The molecule has 0 aromatic heterocycles. The van der Waals surface area contributed by atoms with Gasteiger partial charge in [-0.15, -0.1) is 0 Å². The number of ether oxygens (including phenoxy) is 1. The monoisotopic (exact) mass is 290 g/mol. The second-order valence-corrected chi connectivity index (χ2v) is 6.92. The van der Waals surface area contributed by atoms with Gasteiger partial charge in [-0.3, -0.25) is 4.21 Å². The Morgan fingerprint density at radius 2 is 1.26 bits per heavy atom. The van der Waals surface area contributed by atoms with Crippen LogP contribution in [0.15, 0.2) is 0 Å². The number of unbranched alkanes of at least 4 members (excludes halogenated alkanes) is 9. The van der Waals surface area contributed by atoms with Crippen LogP contribution < -0.4 is 0 Å². The minimum atomic E-state index is -0.659. The molecule has 0 fully saturated rings. The fourth-order valence-electron chi connectivity index (χ4n) is 2.15. The first-order chi connectivity index (χ1) is 9.31. The van der Waals surface area contributed by atoms with Gasteiger partial charge in [0, 0.05) is 28.9 Å². The third-order valence-corrected chi connectivity index (χ3v) is 4.75. The average molecular weight is 291 g/mol. The molecule has 0 aromatic carbocycles. The van der Waals surface area contributed by atoms with Crippen LogP contribution >= 0.6 is 0 Å². The van der Waals surface area contributed by atoms with Crippen LogP contribution in [0.2, 0.25) is 0 Å². The van der Waals surface area contributed by atoms with Crippen molar-refractivity contribution in [3.63, 3.8) is 0 Å². The Morgan fingerprint density at radius 1 is 0.737 bits per heavy atom. The van der Waals surface area contributed by atoms with E-state index in [2.05, 4.69) is 6.92 Å². The Bertz CT molecular complexity index is 195. The Balaban J connectivity index is 3.07. The average Bonchev–Trinajstić information content (AvgIpc) is 2.41. The van der Waals surface area contributed by atoms with Crippen molar-refractivity contribution in [1.82, 2.24) is 0 Å². The summed E-state index contributed by atoms with van der Waals surface area (Å²) >= 11 is 0. The minimum Gasteiger partial charge on any atom is -0.381 e. The molecule has 0 amide bonds. The lowest BCUT2D eigenvalue weighted by Crippen LogP contribution is -2.09. The van der Waals surface area contributed by atoms with Crippen molar-refractivity contribution in [2.24, 2.45) is 0 Å². The van der Waals surface area contributed by atoms with Crippen molar-refractivity contribution in [2.45, 2.75) is 78.1 Å². The van der Waals surface area contributed by atoms with Gasteiger partial charge in [0.25, 0.3) is 0 Å². The molecule has 0 radical (unpaired) electrons. The zero-order valence-electron chi connectivity index (χ0n) is 13.1. The molecule has 1 unspecified atom stereocenters. The van der Waals surface area contributed by atoms with Gasteiger partial charge in [0.15, 0.2) is 0 Å². The van der Waals surface area contributed by atoms with Crippen LogP contribution in [0, 0.1) is 0 Å². The Labute approximate surface area is 123 Å². The van der Waals surface area contributed by atoms with E-state index in [1.54, 1.807) is 0 Å². The molecule has 0 aliphatic rings. The van der Waals surface area contributed by atoms with E-state index in [-0.39, 0.29) is 0 Å². The maximum absolute atomic E-state index is 11.6. The normalized spacial score (nSPS) is 12.7. The van der Waals surface area contributed by atoms with E-state index in [0.717, 1.165) is 18.8 Å². The molecular formula is C16H34O2S. The van der Waals surface area contributed by atoms with Gasteiger partial charge in [-0.2, -0.15) is 0 Å². The quantitative estimate of drug-likeness (QED) is 0.409. The van der Waals surface area contributed by atoms with Gasteiger partial charge < -0.3 is 4.74 Å². The molecule has 0 heterocycles. The summed E-state index contributed by atoms with van der Waals surface area (Å²) in [6, 6.07) is 0. The first-order valence-electron chi connectivity index (χ1n) is 8.24. The summed E-state index contributed by atoms with van der Waals surface area (Å²) in [4.78, 5) is 0. The lowest BCUT2D eigenvalue weighted by molar-refractivity contribution is 0.164. The van der Waals surface area contributed by atoms with E-state index in [1.165, 1.54) is 57.8 Å². The van der Waals surface area contributed by atoms with Crippen LogP contribution in [0.1, 0.15) is 78.1 Å². The van der Waals surface area contributed by atoms with Gasteiger partial charge >= 0.3 is 0 Å². The van der Waals surface area contributed by atoms with Crippen LogP contribution in [0.4, 0.5) is 0 Å². The molecular weight excluding hydrogens is 256 g/mol. The van der Waals surface area contributed by atoms with E-state index >= 15 is 0 Å². The van der Waals surface area contributed by atoms with Gasteiger partial charge in [0.05, 0.1) is 6.61 Å². The van der Waals surface area contributed by atoms with Gasteiger partial charge in [0.2, 0.25) is 0 Å². The molecule has 0 rings (SSSR count). The molecule has 0 aliphatic heterocycles. The zero-order chi connectivity index (χ0) is 14.2. The van der Waals surface area contributed by atoms with Crippen molar-refractivity contribution >= 4 is 10.8 Å². The predicted molar refractivity (Wildman–Crippen MR) is 86.2 cm³/mol. The summed E-state index contributed by atoms with van der Waals surface area (Å²) in [5.74, 6) is 1.58. The summed E-state index contributed by atoms with van der Waals surface area (Å²) in [7, 11) is -0.659. The topological polar surface area (TPSA) is 26.3 Å². The van der Waals surface area contributed by atoms with Crippen LogP contribution in [-0.4, -0.2) is 28.9 Å². The van der Waals surface area contributed by atoms with Gasteiger partial charge in [-0.05, 0) is 13.3 Å². The standard InChI is InChI=1S/C16H34O2S/c1-3-5-6-7-8-9-10-11-12-13-15-19(17)16-14-18-4-2/h3-16H2,1-2H3. The molecule has 2 nitrogen and oxygen atoms in total. The van der Waals surface area contributed by atoms with Gasteiger partial charge in [-0.25, -0.2) is 0 Å². The molecule has 0 bridgehead atoms. The first kappa shape index (κ1) is 19.1. The number of hydrogen-bond donors (Lipinski definition) is 0. The Kier molecular flexibility index (Phi) is 16.3. The molecule has 3 heteroatoms. The highest BCUT2D eigenvalue weighted by molar-refractivity contribution is 7.84. The largest absolute Gasteiger partial charge is 0.381 e. The van der Waals surface area contributed by atoms with Crippen LogP contribution in [0.25, 0.3) is 0 Å². The zero-order valence-corrected chi connectivity index (χ0v) is 13.9. The molecule has 0 saturated heterocycles. The van der Waals surface area contributed by atoms with E-state index in [9.17, 15) is 4.21 Å². The van der Waals surface area contributed by atoms with Crippen LogP contribution in [-0.2, 0) is 15.5 Å². The summed E-state index contributed by atoms with van der Waals surface area (Å²) in [6.45, 7) is 5.62. The third kappa shape index (κ3) is 16.1. The van der Waals surface area contributed by atoms with Gasteiger partial charge in [0.1, 0.15) is 0 Å². The maximum atomic E-state index is 11.6. The van der Waals surface area contributed by atoms with Crippen molar-refractivity contribution in [3.8, 4) is 0 Å². The minimum absolute atomic E-state index is 0.654. The third-order valence-electron chi connectivity index (χ3n) is 3.39. The SMILES string of the molecule is CCCCCCCCCCCCS(=O)CCOCC. The second kappa shape index (κ2) is 16.2. The molecule has 19 heavy (non-hydrogen) atoms. The summed E-state index contributed by atoms with van der Waals surface area (Å²) in [5.41, 5.74) is 0. The van der Waals surface area contributed by atoms with E-state index in [4.69, 9.17) is 4.74 Å². The Morgan fingerprint density at radius 3 is 1.79 bits per heavy atom. The highest BCUT2D eigenvalue weighted by atomic mass is 32.2. The highest BCUT2D eigenvalue weighted by Gasteiger charge is 1.99. The van der Waals surface area contributed by atoms with Crippen LogP contribution in [0.3, 0.4) is 0 Å². The van der Waals surface area contributed by atoms with E-state index in [0.29, 0.717) is 12.4 Å². The van der Waals surface area contributed by atoms with Crippen molar-refractivity contribution in [2.75, 3.05) is 24.7 Å². The molecule has 0 aliphatic carbocycles. The fourth-order valence-corrected chi connectivity index (χ4v) is 3.18. The van der Waals surface area contributed by atoms with Crippen LogP contribution in [0.5, 0.6) is 0 Å². The smallest absolute Gasteiger partial charge is 0.0581 e. The molecule has 0 aromatic rings. The summed E-state index contributed by atoms with van der Waals surface area (Å²) in [5, 5.41) is 0. The molecule has 0 spiro atoms. The molecule has 1 atom stereocenters. The first-order valence-corrected chi connectivity index (χ1v) is 9.72. The molecule has 0 saturated carbocycles. The predicted octanol–water partition coefficient (Wildman–Crippen LogP) is 4.69. The summed E-state index contributed by atoms with van der Waals surface area (Å²) < 4.78 is 16.8. The molecule has 0 N–H and O–H groups in total. The highest BCUT2D eigenvalue weighted by Crippen LogP contribution is 2.10. The van der Waals surface area contributed by atoms with Crippen molar-refractivity contribution in [3.05, 3.63) is 0 Å². The van der Waals surface area contributed by atoms with E-state index in [1.807, 2.05) is 6.92 Å². The maximum Gasteiger partial charge on any atom is 0.0581 e. The number of rotatable bonds is 15. The fraction of sp³-hybridized carbons (Fsp3) is 1.00.